The van der Waals surface area contributed by atoms with E-state index in [4.69, 9.17) is 10.4 Å². The molecule has 1 N–H and O–H groups in total. The second kappa shape index (κ2) is 4.33. The van der Waals surface area contributed by atoms with Gasteiger partial charge in [0.25, 0.3) is 0 Å². The van der Waals surface area contributed by atoms with Crippen LogP contribution >= 0.6 is 0 Å². The van der Waals surface area contributed by atoms with Gasteiger partial charge < -0.3 is 5.11 Å². The Kier molecular flexibility index (Phi) is 3.13. The van der Waals surface area contributed by atoms with Crippen molar-refractivity contribution in [1.29, 1.82) is 5.26 Å². The zero-order valence-electron chi connectivity index (χ0n) is 7.37. The summed E-state index contributed by atoms with van der Waals surface area (Å²) in [5, 5.41) is 16.9. The number of benzene rings is 1. The lowest BCUT2D eigenvalue weighted by atomic mass is 10.1. The lowest BCUT2D eigenvalue weighted by molar-refractivity contribution is -0.132. The fraction of sp³-hybridized carbons (Fsp3) is 0. The molecule has 0 bridgehead atoms. The second-order valence-electron chi connectivity index (χ2n) is 2.68. The molecule has 3 nitrogen and oxygen atoms in total. The van der Waals surface area contributed by atoms with Crippen molar-refractivity contribution in [3.63, 3.8) is 0 Å². The fourth-order valence-electron chi connectivity index (χ4n) is 0.967. The minimum Gasteiger partial charge on any atom is -0.477 e. The molecule has 0 fully saturated rings. The molecule has 1 aromatic rings. The third-order valence-corrected chi connectivity index (χ3v) is 1.55. The van der Waals surface area contributed by atoms with E-state index in [9.17, 15) is 13.6 Å². The van der Waals surface area contributed by atoms with Gasteiger partial charge in [-0.1, -0.05) is 0 Å². The summed E-state index contributed by atoms with van der Waals surface area (Å²) in [7, 11) is 0. The maximum Gasteiger partial charge on any atom is 0.346 e. The number of carboxylic acids is 1. The summed E-state index contributed by atoms with van der Waals surface area (Å²) in [4.78, 5) is 10.4. The third kappa shape index (κ3) is 2.88. The topological polar surface area (TPSA) is 61.1 Å². The molecule has 0 aromatic heterocycles. The van der Waals surface area contributed by atoms with Gasteiger partial charge in [0.2, 0.25) is 0 Å². The lowest BCUT2D eigenvalue weighted by Crippen LogP contribution is -1.97. The molecule has 0 saturated heterocycles. The van der Waals surface area contributed by atoms with Gasteiger partial charge in [-0.25, -0.2) is 13.6 Å². The molecule has 15 heavy (non-hydrogen) atoms. The zero-order chi connectivity index (χ0) is 11.4. The van der Waals surface area contributed by atoms with Gasteiger partial charge in [-0.15, -0.1) is 0 Å². The number of rotatable bonds is 2. The van der Waals surface area contributed by atoms with E-state index in [0.717, 1.165) is 18.2 Å². The molecule has 0 aliphatic carbocycles. The zero-order valence-corrected chi connectivity index (χ0v) is 7.37. The Morgan fingerprint density at radius 3 is 2.27 bits per heavy atom. The fourth-order valence-corrected chi connectivity index (χ4v) is 0.967. The maximum atomic E-state index is 12.7. The van der Waals surface area contributed by atoms with Gasteiger partial charge in [0.1, 0.15) is 23.3 Å². The van der Waals surface area contributed by atoms with Crippen LogP contribution in [0.1, 0.15) is 5.56 Å². The van der Waals surface area contributed by atoms with E-state index in [1.807, 2.05) is 0 Å². The van der Waals surface area contributed by atoms with E-state index in [-0.39, 0.29) is 5.56 Å². The Balaban J connectivity index is 3.18. The number of halogens is 2. The second-order valence-corrected chi connectivity index (χ2v) is 2.68. The number of nitrogens with zero attached hydrogens (tertiary/aromatic N) is 1. The first-order chi connectivity index (χ1) is 7.02. The van der Waals surface area contributed by atoms with Gasteiger partial charge >= 0.3 is 5.97 Å². The molecule has 1 rings (SSSR count). The van der Waals surface area contributed by atoms with Crippen molar-refractivity contribution in [3.05, 3.63) is 41.0 Å². The number of hydrogen-bond donors (Lipinski definition) is 1. The van der Waals surface area contributed by atoms with Crippen molar-refractivity contribution in [1.82, 2.24) is 0 Å². The van der Waals surface area contributed by atoms with E-state index in [0.29, 0.717) is 6.07 Å². The third-order valence-electron chi connectivity index (χ3n) is 1.55. The van der Waals surface area contributed by atoms with Crippen LogP contribution < -0.4 is 0 Å². The molecular formula is C10H5F2NO2. The van der Waals surface area contributed by atoms with Crippen LogP contribution in [-0.2, 0) is 4.79 Å². The van der Waals surface area contributed by atoms with Gasteiger partial charge in [0, 0.05) is 6.07 Å². The minimum absolute atomic E-state index is 0.00792. The Morgan fingerprint density at radius 1 is 1.33 bits per heavy atom. The van der Waals surface area contributed by atoms with Gasteiger partial charge in [0.05, 0.1) is 0 Å². The van der Waals surface area contributed by atoms with Crippen molar-refractivity contribution in [2.45, 2.75) is 0 Å². The molecule has 0 atom stereocenters. The smallest absolute Gasteiger partial charge is 0.346 e. The lowest BCUT2D eigenvalue weighted by Gasteiger charge is -1.95. The molecule has 0 aliphatic heterocycles. The molecule has 0 spiro atoms. The summed E-state index contributed by atoms with van der Waals surface area (Å²) in [6.45, 7) is 0. The van der Waals surface area contributed by atoms with Crippen LogP contribution in [0, 0.1) is 23.0 Å². The maximum absolute atomic E-state index is 12.7. The summed E-state index contributed by atoms with van der Waals surface area (Å²) in [5.41, 5.74) is -0.591. The molecule has 0 saturated carbocycles. The number of carboxylic acid groups (broad SMARTS) is 1. The first kappa shape index (κ1) is 10.9. The van der Waals surface area contributed by atoms with E-state index in [1.165, 1.54) is 6.07 Å². The summed E-state index contributed by atoms with van der Waals surface area (Å²) in [5.74, 6) is -3.10. The number of aliphatic carboxylic acids is 1. The predicted octanol–water partition coefficient (Wildman–Crippen LogP) is 1.96. The van der Waals surface area contributed by atoms with Crippen molar-refractivity contribution in [2.24, 2.45) is 0 Å². The van der Waals surface area contributed by atoms with Crippen LogP contribution in [0.15, 0.2) is 23.8 Å². The molecule has 76 valence electrons. The molecule has 0 aliphatic rings. The highest BCUT2D eigenvalue weighted by Crippen LogP contribution is 2.11. The number of carbonyl (C=O) groups is 1. The van der Waals surface area contributed by atoms with Crippen LogP contribution in [0.4, 0.5) is 8.78 Å². The Labute approximate surface area is 83.9 Å². The number of nitriles is 1. The predicted molar refractivity (Wildman–Crippen MR) is 47.6 cm³/mol. The molecule has 0 unspecified atom stereocenters. The van der Waals surface area contributed by atoms with Gasteiger partial charge in [-0.2, -0.15) is 5.26 Å². The highest BCUT2D eigenvalue weighted by atomic mass is 19.1. The Bertz CT molecular complexity index is 455. The van der Waals surface area contributed by atoms with Crippen LogP contribution in [0.2, 0.25) is 0 Å². The van der Waals surface area contributed by atoms with E-state index in [1.54, 1.807) is 0 Å². The first-order valence-corrected chi connectivity index (χ1v) is 3.84. The van der Waals surface area contributed by atoms with Crippen molar-refractivity contribution in [2.75, 3.05) is 0 Å². The van der Waals surface area contributed by atoms with E-state index >= 15 is 0 Å². The molecular weight excluding hydrogens is 204 g/mol. The average molecular weight is 209 g/mol. The minimum atomic E-state index is -1.44. The highest BCUT2D eigenvalue weighted by molar-refractivity contribution is 5.96. The van der Waals surface area contributed by atoms with E-state index in [2.05, 4.69) is 0 Å². The standard InChI is InChI=1S/C10H5F2NO2/c11-8-2-6(3-9(12)4-8)1-7(5-13)10(14)15/h1-4H,(H,14,15)/b7-1+. The van der Waals surface area contributed by atoms with Crippen LogP contribution in [-0.4, -0.2) is 11.1 Å². The molecule has 5 heteroatoms. The Morgan fingerprint density at radius 2 is 1.87 bits per heavy atom. The van der Waals surface area contributed by atoms with Crippen LogP contribution in [0.3, 0.4) is 0 Å². The average Bonchev–Trinajstić information content (AvgIpc) is 2.12. The van der Waals surface area contributed by atoms with Gasteiger partial charge in [-0.05, 0) is 23.8 Å². The molecule has 0 heterocycles. The first-order valence-electron chi connectivity index (χ1n) is 3.84. The largest absolute Gasteiger partial charge is 0.477 e. The molecule has 1 aromatic carbocycles. The van der Waals surface area contributed by atoms with Gasteiger partial charge in [-0.3, -0.25) is 0 Å². The summed E-state index contributed by atoms with van der Waals surface area (Å²) in [6, 6.07) is 3.93. The SMILES string of the molecule is N#C/C(=C\c1cc(F)cc(F)c1)C(=O)O. The normalized spacial score (nSPS) is 10.9. The highest BCUT2D eigenvalue weighted by Gasteiger charge is 2.06. The van der Waals surface area contributed by atoms with Gasteiger partial charge in [0.15, 0.2) is 0 Å². The van der Waals surface area contributed by atoms with Crippen molar-refractivity contribution < 1.29 is 18.7 Å². The number of hydrogen-bond acceptors (Lipinski definition) is 2. The Hall–Kier alpha value is -2.22. The van der Waals surface area contributed by atoms with Crippen molar-refractivity contribution in [3.8, 4) is 6.07 Å². The summed E-state index contributed by atoms with van der Waals surface area (Å²) in [6.07, 6.45) is 0.897. The monoisotopic (exact) mass is 209 g/mol. The van der Waals surface area contributed by atoms with E-state index < -0.39 is 23.2 Å². The van der Waals surface area contributed by atoms with Crippen molar-refractivity contribution >= 4 is 12.0 Å². The summed E-state index contributed by atoms with van der Waals surface area (Å²) < 4.78 is 25.4. The molecule has 0 radical (unpaired) electrons. The van der Waals surface area contributed by atoms with Crippen LogP contribution in [0.25, 0.3) is 6.08 Å². The quantitative estimate of drug-likeness (QED) is 0.598. The van der Waals surface area contributed by atoms with Crippen LogP contribution in [0.5, 0.6) is 0 Å². The summed E-state index contributed by atoms with van der Waals surface area (Å²) >= 11 is 0. The molecule has 0 amide bonds.